The van der Waals surface area contributed by atoms with Crippen LogP contribution in [0.1, 0.15) is 30.4 Å². The van der Waals surface area contributed by atoms with Crippen molar-refractivity contribution in [3.8, 4) is 0 Å². The Balaban J connectivity index is 1.24. The molecule has 0 aliphatic carbocycles. The zero-order valence-electron chi connectivity index (χ0n) is 19.4. The number of amides is 2. The minimum atomic E-state index is -0.0355. The summed E-state index contributed by atoms with van der Waals surface area (Å²) in [6.07, 6.45) is 4.68. The van der Waals surface area contributed by atoms with Gasteiger partial charge in [-0.15, -0.1) is 0 Å². The molecule has 1 aliphatic heterocycles. The molecule has 4 rings (SSSR count). The fourth-order valence-corrected chi connectivity index (χ4v) is 4.64. The number of nitrogens with zero attached hydrogens (tertiary/aromatic N) is 2. The molecule has 0 atom stereocenters. The van der Waals surface area contributed by atoms with Crippen molar-refractivity contribution in [1.29, 1.82) is 0 Å². The van der Waals surface area contributed by atoms with Gasteiger partial charge in [-0.05, 0) is 74.5 Å². The Kier molecular flexibility index (Phi) is 8.54. The number of hydrogen-bond donors (Lipinski definition) is 1. The number of carbonyl (C=O) groups is 1. The van der Waals surface area contributed by atoms with Crippen LogP contribution in [0.25, 0.3) is 0 Å². The normalized spacial score (nSPS) is 14.7. The van der Waals surface area contributed by atoms with E-state index in [2.05, 4.69) is 40.5 Å². The van der Waals surface area contributed by atoms with Crippen LogP contribution >= 0.6 is 0 Å². The molecule has 1 heterocycles. The van der Waals surface area contributed by atoms with Crippen LogP contribution in [-0.2, 0) is 13.0 Å². The minimum Gasteiger partial charge on any atom is -0.334 e. The lowest BCUT2D eigenvalue weighted by Gasteiger charge is -2.32. The highest BCUT2D eigenvalue weighted by molar-refractivity contribution is 5.91. The molecule has 1 fully saturated rings. The maximum Gasteiger partial charge on any atom is 0.322 e. The first kappa shape index (κ1) is 23.1. The molecule has 4 nitrogen and oxygen atoms in total. The number of carbonyl (C=O) groups excluding carboxylic acids is 1. The van der Waals surface area contributed by atoms with E-state index in [0.29, 0.717) is 13.1 Å². The maximum atomic E-state index is 13.0. The van der Waals surface area contributed by atoms with Crippen molar-refractivity contribution in [3.63, 3.8) is 0 Å². The van der Waals surface area contributed by atoms with Gasteiger partial charge in [0.25, 0.3) is 0 Å². The van der Waals surface area contributed by atoms with Crippen molar-refractivity contribution < 1.29 is 4.79 Å². The lowest BCUT2D eigenvalue weighted by molar-refractivity contribution is 0.183. The van der Waals surface area contributed by atoms with Crippen LogP contribution in [0.3, 0.4) is 0 Å². The van der Waals surface area contributed by atoms with Crippen LogP contribution in [-0.4, -0.2) is 37.1 Å². The van der Waals surface area contributed by atoms with Crippen LogP contribution in [0.2, 0.25) is 0 Å². The molecule has 3 aromatic carbocycles. The minimum absolute atomic E-state index is 0.0355. The largest absolute Gasteiger partial charge is 0.334 e. The first-order valence-electron chi connectivity index (χ1n) is 12.2. The number of anilines is 1. The van der Waals surface area contributed by atoms with Crippen molar-refractivity contribution in [2.75, 3.05) is 31.1 Å². The van der Waals surface area contributed by atoms with Crippen molar-refractivity contribution in [2.45, 2.75) is 32.2 Å². The molecule has 0 bridgehead atoms. The lowest BCUT2D eigenvalue weighted by atomic mass is 9.90. The SMILES string of the molecule is O=C(NCc1ccccc1)N(CCCN1CCC(Cc2ccccc2)CC1)c1ccccc1. The zero-order chi connectivity index (χ0) is 22.7. The van der Waals surface area contributed by atoms with Crippen LogP contribution in [0.15, 0.2) is 91.0 Å². The third-order valence-corrected chi connectivity index (χ3v) is 6.53. The van der Waals surface area contributed by atoms with Crippen molar-refractivity contribution in [2.24, 2.45) is 5.92 Å². The molecule has 4 heteroatoms. The topological polar surface area (TPSA) is 35.6 Å². The van der Waals surface area contributed by atoms with Gasteiger partial charge in [0.2, 0.25) is 0 Å². The monoisotopic (exact) mass is 441 g/mol. The molecule has 2 amide bonds. The van der Waals surface area contributed by atoms with Crippen molar-refractivity contribution in [3.05, 3.63) is 102 Å². The van der Waals surface area contributed by atoms with E-state index < -0.39 is 0 Å². The van der Waals surface area contributed by atoms with Gasteiger partial charge in [0.15, 0.2) is 0 Å². The van der Waals surface area contributed by atoms with Gasteiger partial charge in [-0.1, -0.05) is 78.9 Å². The Morgan fingerprint density at radius 1 is 0.818 bits per heavy atom. The van der Waals surface area contributed by atoms with E-state index >= 15 is 0 Å². The molecule has 3 aromatic rings. The fourth-order valence-electron chi connectivity index (χ4n) is 4.64. The Hall–Kier alpha value is -3.11. The maximum absolute atomic E-state index is 13.0. The first-order chi connectivity index (χ1) is 16.3. The number of rotatable bonds is 9. The van der Waals surface area contributed by atoms with E-state index in [1.807, 2.05) is 65.6 Å². The predicted octanol–water partition coefficient (Wildman–Crippen LogP) is 5.75. The summed E-state index contributed by atoms with van der Waals surface area (Å²) < 4.78 is 0. The molecule has 1 aliphatic rings. The molecular weight excluding hydrogens is 406 g/mol. The van der Waals surface area contributed by atoms with Crippen molar-refractivity contribution >= 4 is 11.7 Å². The van der Waals surface area contributed by atoms with Gasteiger partial charge in [0, 0.05) is 18.8 Å². The molecule has 0 aromatic heterocycles. The second-order valence-corrected chi connectivity index (χ2v) is 8.96. The third-order valence-electron chi connectivity index (χ3n) is 6.53. The molecule has 0 spiro atoms. The summed E-state index contributed by atoms with van der Waals surface area (Å²) in [6, 6.07) is 30.9. The van der Waals surface area contributed by atoms with Crippen LogP contribution < -0.4 is 10.2 Å². The number of urea groups is 1. The Morgan fingerprint density at radius 2 is 1.39 bits per heavy atom. The van der Waals surface area contributed by atoms with Gasteiger partial charge >= 0.3 is 6.03 Å². The van der Waals surface area contributed by atoms with Gasteiger partial charge in [-0.2, -0.15) is 0 Å². The zero-order valence-corrected chi connectivity index (χ0v) is 19.4. The van der Waals surface area contributed by atoms with Gasteiger partial charge in [-0.25, -0.2) is 4.79 Å². The lowest BCUT2D eigenvalue weighted by Crippen LogP contribution is -2.42. The summed E-state index contributed by atoms with van der Waals surface area (Å²) in [5.74, 6) is 0.785. The summed E-state index contributed by atoms with van der Waals surface area (Å²) in [7, 11) is 0. The Bertz CT molecular complexity index is 954. The van der Waals surface area contributed by atoms with Gasteiger partial charge < -0.3 is 10.2 Å². The Morgan fingerprint density at radius 3 is 2.03 bits per heavy atom. The molecule has 1 N–H and O–H groups in total. The van der Waals surface area contributed by atoms with E-state index in [9.17, 15) is 4.79 Å². The molecule has 1 saturated heterocycles. The van der Waals surface area contributed by atoms with E-state index in [4.69, 9.17) is 0 Å². The molecule has 0 radical (unpaired) electrons. The molecule has 33 heavy (non-hydrogen) atoms. The van der Waals surface area contributed by atoms with E-state index in [1.54, 1.807) is 0 Å². The Labute approximate surface area is 198 Å². The standard InChI is InChI=1S/C29H35N3O/c33-29(30-24-27-13-6-2-7-14-27)32(28-15-8-3-9-16-28)20-10-19-31-21-17-26(18-22-31)23-25-11-4-1-5-12-25/h1-9,11-16,26H,10,17-24H2,(H,30,33). The van der Waals surface area contributed by atoms with Crippen LogP contribution in [0.4, 0.5) is 10.5 Å². The number of benzene rings is 3. The fraction of sp³-hybridized carbons (Fsp3) is 0.345. The van der Waals surface area contributed by atoms with Gasteiger partial charge in [0.1, 0.15) is 0 Å². The number of likely N-dealkylation sites (tertiary alicyclic amines) is 1. The average Bonchev–Trinajstić information content (AvgIpc) is 2.88. The third kappa shape index (κ3) is 7.19. The van der Waals surface area contributed by atoms with Crippen molar-refractivity contribution in [1.82, 2.24) is 10.2 Å². The van der Waals surface area contributed by atoms with E-state index in [-0.39, 0.29) is 6.03 Å². The number of para-hydroxylation sites is 1. The van der Waals surface area contributed by atoms with E-state index in [1.165, 1.54) is 24.8 Å². The second-order valence-electron chi connectivity index (χ2n) is 8.96. The number of piperidine rings is 1. The van der Waals surface area contributed by atoms with Gasteiger partial charge in [0.05, 0.1) is 0 Å². The summed E-state index contributed by atoms with van der Waals surface area (Å²) in [4.78, 5) is 17.5. The predicted molar refractivity (Wildman–Crippen MR) is 136 cm³/mol. The number of hydrogen-bond acceptors (Lipinski definition) is 2. The second kappa shape index (κ2) is 12.2. The highest BCUT2D eigenvalue weighted by atomic mass is 16.2. The highest BCUT2D eigenvalue weighted by Crippen LogP contribution is 2.22. The molecule has 172 valence electrons. The summed E-state index contributed by atoms with van der Waals surface area (Å²) in [5, 5.41) is 3.09. The van der Waals surface area contributed by atoms with E-state index in [0.717, 1.165) is 43.2 Å². The average molecular weight is 442 g/mol. The summed E-state index contributed by atoms with van der Waals surface area (Å²) in [6.45, 7) is 4.60. The molecule has 0 unspecified atom stereocenters. The summed E-state index contributed by atoms with van der Waals surface area (Å²) in [5.41, 5.74) is 3.51. The van der Waals surface area contributed by atoms with Crippen LogP contribution in [0, 0.1) is 5.92 Å². The highest BCUT2D eigenvalue weighted by Gasteiger charge is 2.20. The summed E-state index contributed by atoms with van der Waals surface area (Å²) >= 11 is 0. The van der Waals surface area contributed by atoms with Crippen LogP contribution in [0.5, 0.6) is 0 Å². The first-order valence-corrected chi connectivity index (χ1v) is 12.2. The molecular formula is C29H35N3O. The number of nitrogens with one attached hydrogen (secondary N) is 1. The quantitative estimate of drug-likeness (QED) is 0.459. The van der Waals surface area contributed by atoms with Gasteiger partial charge in [-0.3, -0.25) is 4.90 Å². The smallest absolute Gasteiger partial charge is 0.322 e. The molecule has 0 saturated carbocycles.